The molecule has 0 saturated carbocycles. The zero-order valence-electron chi connectivity index (χ0n) is 21.4. The van der Waals surface area contributed by atoms with Crippen molar-refractivity contribution < 1.29 is 13.9 Å². The van der Waals surface area contributed by atoms with Gasteiger partial charge in [0.1, 0.15) is 0 Å². The summed E-state index contributed by atoms with van der Waals surface area (Å²) in [7, 11) is -0.255. The predicted molar refractivity (Wildman–Crippen MR) is 143 cm³/mol. The molecule has 3 rings (SSSR count). The van der Waals surface area contributed by atoms with Gasteiger partial charge in [-0.05, 0) is 0 Å². The Morgan fingerprint density at radius 1 is 1.03 bits per heavy atom. The van der Waals surface area contributed by atoms with Gasteiger partial charge in [-0.1, -0.05) is 0 Å². The van der Waals surface area contributed by atoms with Crippen LogP contribution >= 0.6 is 0 Å². The molecule has 0 aliphatic carbocycles. The van der Waals surface area contributed by atoms with Crippen LogP contribution in [0, 0.1) is 5.41 Å². The molecule has 2 aromatic rings. The van der Waals surface area contributed by atoms with Crippen molar-refractivity contribution in [2.75, 3.05) is 13.7 Å². The van der Waals surface area contributed by atoms with E-state index in [1.165, 1.54) is 4.46 Å². The first-order chi connectivity index (χ1) is 15.4. The summed E-state index contributed by atoms with van der Waals surface area (Å²) in [5, 5.41) is 0.167. The summed E-state index contributed by atoms with van der Waals surface area (Å²) in [5.41, 5.74) is 1.11. The molecule has 0 N–H and O–H groups in total. The van der Waals surface area contributed by atoms with E-state index in [4.69, 9.17) is 13.9 Å². The fourth-order valence-electron chi connectivity index (χ4n) is 3.70. The van der Waals surface area contributed by atoms with Gasteiger partial charge in [0.25, 0.3) is 0 Å². The van der Waals surface area contributed by atoms with Gasteiger partial charge < -0.3 is 0 Å². The number of rotatable bonds is 7. The minimum atomic E-state index is -1.95. The van der Waals surface area contributed by atoms with E-state index in [0.717, 1.165) is 11.3 Å². The van der Waals surface area contributed by atoms with Crippen LogP contribution in [0.25, 0.3) is 6.08 Å². The van der Waals surface area contributed by atoms with Crippen LogP contribution in [0.3, 0.4) is 0 Å². The summed E-state index contributed by atoms with van der Waals surface area (Å²) in [6.45, 7) is 17.0. The third-order valence-electron chi connectivity index (χ3n) is 6.88. The Morgan fingerprint density at radius 2 is 1.67 bits per heavy atom. The van der Waals surface area contributed by atoms with Gasteiger partial charge in [0.05, 0.1) is 0 Å². The maximum absolute atomic E-state index is 7.18. The number of ether oxygens (including phenoxy) is 2. The Bertz CT molecular complexity index is 916. The van der Waals surface area contributed by atoms with Crippen molar-refractivity contribution in [3.8, 4) is 5.75 Å². The van der Waals surface area contributed by atoms with Crippen molar-refractivity contribution in [3.05, 3.63) is 66.2 Å². The van der Waals surface area contributed by atoms with Crippen LogP contribution in [0.5, 0.6) is 5.75 Å². The fourth-order valence-corrected chi connectivity index (χ4v) is 8.48. The van der Waals surface area contributed by atoms with Gasteiger partial charge >= 0.3 is 209 Å². The fraction of sp³-hybridized carbons (Fsp3) is 0.500. The number of hydrogen-bond acceptors (Lipinski definition) is 3. The molecule has 1 saturated heterocycles. The zero-order chi connectivity index (χ0) is 24.3. The van der Waals surface area contributed by atoms with E-state index in [9.17, 15) is 0 Å². The molecule has 2 aromatic carbocycles. The molecule has 0 spiro atoms. The van der Waals surface area contributed by atoms with Crippen LogP contribution in [-0.2, 0) is 9.16 Å². The molecule has 0 bridgehead atoms. The molecule has 0 amide bonds. The first-order valence-electron chi connectivity index (χ1n) is 11.8. The second kappa shape index (κ2) is 10.5. The summed E-state index contributed by atoms with van der Waals surface area (Å²) in [4.78, 5) is 0.298. The molecule has 3 nitrogen and oxygen atoms in total. The van der Waals surface area contributed by atoms with Gasteiger partial charge in [0.15, 0.2) is 0 Å². The topological polar surface area (TPSA) is 27.7 Å². The van der Waals surface area contributed by atoms with Crippen LogP contribution in [0.2, 0.25) is 22.9 Å². The first-order valence-corrected chi connectivity index (χ1v) is 16.5. The van der Waals surface area contributed by atoms with Crippen molar-refractivity contribution >= 4 is 33.8 Å². The average Bonchev–Trinajstić information content (AvgIpc) is 2.76. The van der Waals surface area contributed by atoms with E-state index in [2.05, 4.69) is 102 Å². The van der Waals surface area contributed by atoms with E-state index in [1.54, 1.807) is 7.11 Å². The Hall–Kier alpha value is -1.36. The second-order valence-corrected chi connectivity index (χ2v) is 18.5. The molecule has 1 heterocycles. The minimum absolute atomic E-state index is 0.0232. The van der Waals surface area contributed by atoms with Crippen molar-refractivity contribution in [2.45, 2.75) is 69.8 Å². The molecule has 5 heteroatoms. The van der Waals surface area contributed by atoms with Crippen LogP contribution in [0.15, 0.2) is 60.7 Å². The van der Waals surface area contributed by atoms with E-state index >= 15 is 0 Å². The van der Waals surface area contributed by atoms with Crippen molar-refractivity contribution in [2.24, 2.45) is 5.41 Å². The number of benzene rings is 2. The standard InChI is InChI=1S/C28H40O3SeSi/c1-27(2,3)33(7,8)31-26-25(32-23-12-10-9-11-13-23)24(30-20-28(26,4)5)19-16-21-14-17-22(29-6)18-15-21/h9-19,24-26H,20H2,1-8H3/b19-16+/t24-,25-,26+/m0/s1. The van der Waals surface area contributed by atoms with Gasteiger partial charge in [-0.2, -0.15) is 0 Å². The summed E-state index contributed by atoms with van der Waals surface area (Å²) in [5.74, 6) is 0.871. The molecule has 180 valence electrons. The van der Waals surface area contributed by atoms with Gasteiger partial charge in [-0.25, -0.2) is 0 Å². The Labute approximate surface area is 208 Å². The second-order valence-electron chi connectivity index (χ2n) is 11.1. The van der Waals surface area contributed by atoms with Gasteiger partial charge in [-0.3, -0.25) is 0 Å². The molecular formula is C28H40O3SeSi. The summed E-state index contributed by atoms with van der Waals surface area (Å²) >= 11 is 0.223. The number of methoxy groups -OCH3 is 1. The number of hydrogen-bond donors (Lipinski definition) is 0. The third kappa shape index (κ3) is 6.61. The molecular weight excluding hydrogens is 491 g/mol. The van der Waals surface area contributed by atoms with E-state index in [1.807, 2.05) is 12.1 Å². The van der Waals surface area contributed by atoms with Crippen LogP contribution in [-0.4, -0.2) is 49.2 Å². The monoisotopic (exact) mass is 532 g/mol. The average molecular weight is 532 g/mol. The van der Waals surface area contributed by atoms with Crippen LogP contribution in [0.4, 0.5) is 0 Å². The maximum atomic E-state index is 7.18. The Kier molecular flexibility index (Phi) is 8.35. The molecule has 1 aliphatic rings. The van der Waals surface area contributed by atoms with Crippen LogP contribution in [0.1, 0.15) is 40.2 Å². The molecule has 0 radical (unpaired) electrons. The van der Waals surface area contributed by atoms with E-state index in [0.29, 0.717) is 11.4 Å². The van der Waals surface area contributed by atoms with E-state index in [-0.39, 0.29) is 37.6 Å². The quantitative estimate of drug-likeness (QED) is 0.390. The zero-order valence-corrected chi connectivity index (χ0v) is 24.1. The molecule has 1 aliphatic heterocycles. The molecule has 0 aromatic heterocycles. The predicted octanol–water partition coefficient (Wildman–Crippen LogP) is 6.34. The van der Waals surface area contributed by atoms with Gasteiger partial charge in [-0.15, -0.1) is 0 Å². The van der Waals surface area contributed by atoms with Crippen molar-refractivity contribution in [1.82, 2.24) is 0 Å². The normalized spacial score (nSPS) is 23.6. The summed E-state index contributed by atoms with van der Waals surface area (Å²) in [6, 6.07) is 19.0. The van der Waals surface area contributed by atoms with Gasteiger partial charge in [0.2, 0.25) is 0 Å². The molecule has 1 fully saturated rings. The third-order valence-corrected chi connectivity index (χ3v) is 14.1. The summed E-state index contributed by atoms with van der Waals surface area (Å²) in [6.07, 6.45) is 4.60. The SMILES string of the molecule is COc1ccc(/C=C/[C@@H]2OCC(C)(C)[C@H](O[Si](C)(C)C(C)(C)C)[C@H]2[Se]c2ccccc2)cc1. The van der Waals surface area contributed by atoms with Crippen molar-refractivity contribution in [1.29, 1.82) is 0 Å². The van der Waals surface area contributed by atoms with Crippen molar-refractivity contribution in [3.63, 3.8) is 0 Å². The molecule has 33 heavy (non-hydrogen) atoms. The summed E-state index contributed by atoms with van der Waals surface area (Å²) < 4.78 is 20.4. The van der Waals surface area contributed by atoms with E-state index < -0.39 is 8.32 Å². The van der Waals surface area contributed by atoms with Crippen LogP contribution < -0.4 is 9.20 Å². The van der Waals surface area contributed by atoms with Gasteiger partial charge in [0, 0.05) is 0 Å². The molecule has 3 atom stereocenters. The Balaban J connectivity index is 1.94. The first kappa shape index (κ1) is 26.2. The Morgan fingerprint density at radius 3 is 2.24 bits per heavy atom. The molecule has 0 unspecified atom stereocenters.